The molecule has 0 atom stereocenters. The molecule has 0 aliphatic rings. The van der Waals surface area contributed by atoms with E-state index in [2.05, 4.69) is 11.4 Å². The van der Waals surface area contributed by atoms with Crippen molar-refractivity contribution in [2.24, 2.45) is 0 Å². The molecular weight excluding hydrogens is 228 g/mol. The molecule has 1 aromatic rings. The minimum Gasteiger partial charge on any atom is -0.480 e. The first-order valence-electron chi connectivity index (χ1n) is 6.01. The fraction of sp³-hybridized carbons (Fsp3) is 0.429. The Morgan fingerprint density at radius 2 is 2.06 bits per heavy atom. The minimum atomic E-state index is -0.944. The van der Waals surface area contributed by atoms with Gasteiger partial charge in [-0.1, -0.05) is 13.8 Å². The summed E-state index contributed by atoms with van der Waals surface area (Å²) in [5.74, 6) is -0.852. The summed E-state index contributed by atoms with van der Waals surface area (Å²) in [6, 6.07) is 7.35. The molecule has 18 heavy (non-hydrogen) atoms. The third kappa shape index (κ3) is 2.62. The molecule has 1 rings (SSSR count). The highest BCUT2D eigenvalue weighted by Crippen LogP contribution is 2.24. The number of hydrogen-bond acceptors (Lipinski definition) is 3. The zero-order valence-corrected chi connectivity index (χ0v) is 10.9. The number of aliphatic carboxylic acids is 1. The third-order valence-corrected chi connectivity index (χ3v) is 3.35. The van der Waals surface area contributed by atoms with E-state index >= 15 is 0 Å². The van der Waals surface area contributed by atoms with Crippen LogP contribution in [0.3, 0.4) is 0 Å². The number of rotatable bonds is 5. The van der Waals surface area contributed by atoms with Crippen LogP contribution in [0.15, 0.2) is 18.2 Å². The quantitative estimate of drug-likeness (QED) is 0.837. The van der Waals surface area contributed by atoms with Gasteiger partial charge < -0.3 is 10.4 Å². The molecule has 0 aromatic heterocycles. The lowest BCUT2D eigenvalue weighted by Gasteiger charge is -2.29. The minimum absolute atomic E-state index is 0.498. The van der Waals surface area contributed by atoms with Crippen LogP contribution in [0.5, 0.6) is 0 Å². The first-order valence-corrected chi connectivity index (χ1v) is 6.01. The van der Waals surface area contributed by atoms with E-state index in [0.29, 0.717) is 18.4 Å². The van der Waals surface area contributed by atoms with Gasteiger partial charge >= 0.3 is 5.97 Å². The lowest BCUT2D eigenvalue weighted by Crippen LogP contribution is -2.45. The van der Waals surface area contributed by atoms with E-state index in [1.54, 1.807) is 12.1 Å². The number of aryl methyl sites for hydroxylation is 1. The molecule has 0 spiro atoms. The van der Waals surface area contributed by atoms with Gasteiger partial charge in [-0.25, -0.2) is 4.79 Å². The van der Waals surface area contributed by atoms with Crippen LogP contribution in [0.2, 0.25) is 0 Å². The molecule has 2 N–H and O–H groups in total. The van der Waals surface area contributed by atoms with Crippen molar-refractivity contribution in [3.63, 3.8) is 0 Å². The highest BCUT2D eigenvalue weighted by Gasteiger charge is 2.34. The third-order valence-electron chi connectivity index (χ3n) is 3.35. The molecule has 0 fully saturated rings. The van der Waals surface area contributed by atoms with Crippen LogP contribution < -0.4 is 5.32 Å². The summed E-state index contributed by atoms with van der Waals surface area (Å²) in [5, 5.41) is 21.3. The average molecular weight is 246 g/mol. The number of nitrogens with zero attached hydrogens (tertiary/aromatic N) is 1. The molecular formula is C14H18N2O2. The van der Waals surface area contributed by atoms with Gasteiger partial charge in [-0.15, -0.1) is 0 Å². The van der Waals surface area contributed by atoms with Crippen LogP contribution in [0.1, 0.15) is 37.8 Å². The van der Waals surface area contributed by atoms with Gasteiger partial charge in [0.1, 0.15) is 5.54 Å². The molecule has 0 bridgehead atoms. The molecule has 96 valence electrons. The van der Waals surface area contributed by atoms with Gasteiger partial charge in [-0.2, -0.15) is 5.26 Å². The van der Waals surface area contributed by atoms with Gasteiger partial charge in [-0.3, -0.25) is 0 Å². The van der Waals surface area contributed by atoms with Crippen LogP contribution in [0, 0.1) is 18.3 Å². The summed E-state index contributed by atoms with van der Waals surface area (Å²) in [4.78, 5) is 11.4. The molecule has 0 saturated heterocycles. The fourth-order valence-electron chi connectivity index (χ4n) is 1.93. The maximum Gasteiger partial charge on any atom is 0.329 e. The smallest absolute Gasteiger partial charge is 0.329 e. The van der Waals surface area contributed by atoms with E-state index in [0.717, 1.165) is 11.3 Å². The summed E-state index contributed by atoms with van der Waals surface area (Å²) in [5.41, 5.74) is 1.24. The Labute approximate surface area is 107 Å². The summed E-state index contributed by atoms with van der Waals surface area (Å²) in [6.45, 7) is 5.53. The maximum absolute atomic E-state index is 11.4. The largest absolute Gasteiger partial charge is 0.480 e. The molecule has 0 amide bonds. The van der Waals surface area contributed by atoms with Gasteiger partial charge in [0.15, 0.2) is 0 Å². The van der Waals surface area contributed by atoms with E-state index in [-0.39, 0.29) is 0 Å². The Bertz CT molecular complexity index is 485. The van der Waals surface area contributed by atoms with Gasteiger partial charge in [0.05, 0.1) is 11.6 Å². The van der Waals surface area contributed by atoms with Gasteiger partial charge in [0.25, 0.3) is 0 Å². The number of hydrogen-bond donors (Lipinski definition) is 2. The molecule has 0 aliphatic carbocycles. The van der Waals surface area contributed by atoms with E-state index in [4.69, 9.17) is 5.26 Å². The SMILES string of the molecule is CCC(CC)(Nc1ccc(C#N)c(C)c1)C(=O)O. The Balaban J connectivity index is 3.06. The zero-order chi connectivity index (χ0) is 13.8. The summed E-state index contributed by atoms with van der Waals surface area (Å²) in [6.07, 6.45) is 0.996. The van der Waals surface area contributed by atoms with Gasteiger partial charge in [0, 0.05) is 5.69 Å². The number of nitriles is 1. The van der Waals surface area contributed by atoms with Crippen molar-refractivity contribution < 1.29 is 9.90 Å². The first kappa shape index (κ1) is 14.0. The normalized spacial score (nSPS) is 10.8. The van der Waals surface area contributed by atoms with E-state index in [1.165, 1.54) is 0 Å². The van der Waals surface area contributed by atoms with Crippen molar-refractivity contribution in [3.05, 3.63) is 29.3 Å². The molecule has 0 radical (unpaired) electrons. The van der Waals surface area contributed by atoms with E-state index in [9.17, 15) is 9.90 Å². The molecule has 4 nitrogen and oxygen atoms in total. The second-order valence-electron chi connectivity index (χ2n) is 4.36. The monoisotopic (exact) mass is 246 g/mol. The van der Waals surface area contributed by atoms with Crippen LogP contribution in [-0.4, -0.2) is 16.6 Å². The van der Waals surface area contributed by atoms with Crippen LogP contribution in [0.4, 0.5) is 5.69 Å². The topological polar surface area (TPSA) is 73.1 Å². The average Bonchev–Trinajstić information content (AvgIpc) is 2.36. The Morgan fingerprint density at radius 1 is 1.44 bits per heavy atom. The van der Waals surface area contributed by atoms with Crippen molar-refractivity contribution in [2.75, 3.05) is 5.32 Å². The van der Waals surface area contributed by atoms with Gasteiger partial charge in [-0.05, 0) is 43.5 Å². The van der Waals surface area contributed by atoms with Crippen molar-refractivity contribution in [2.45, 2.75) is 39.2 Å². The molecule has 4 heteroatoms. The summed E-state index contributed by atoms with van der Waals surface area (Å²) < 4.78 is 0. The lowest BCUT2D eigenvalue weighted by molar-refractivity contribution is -0.142. The molecule has 0 saturated carbocycles. The Kier molecular flexibility index (Phi) is 4.33. The molecule has 0 heterocycles. The molecule has 0 aliphatic heterocycles. The summed E-state index contributed by atoms with van der Waals surface area (Å²) in [7, 11) is 0. The summed E-state index contributed by atoms with van der Waals surface area (Å²) >= 11 is 0. The fourth-order valence-corrected chi connectivity index (χ4v) is 1.93. The van der Waals surface area contributed by atoms with Crippen molar-refractivity contribution in [3.8, 4) is 6.07 Å². The Hall–Kier alpha value is -2.02. The number of nitrogens with one attached hydrogen (secondary N) is 1. The predicted octanol–water partition coefficient (Wildman–Crippen LogP) is 2.92. The first-order chi connectivity index (χ1) is 8.49. The molecule has 1 aromatic carbocycles. The maximum atomic E-state index is 11.4. The number of benzene rings is 1. The van der Waals surface area contributed by atoms with Crippen LogP contribution in [-0.2, 0) is 4.79 Å². The van der Waals surface area contributed by atoms with Crippen LogP contribution >= 0.6 is 0 Å². The lowest BCUT2D eigenvalue weighted by atomic mass is 9.92. The standard InChI is InChI=1S/C14H18N2O2/c1-4-14(5-2,13(17)18)16-12-7-6-11(9-15)10(3)8-12/h6-8,16H,4-5H2,1-3H3,(H,17,18). The van der Waals surface area contributed by atoms with Gasteiger partial charge in [0.2, 0.25) is 0 Å². The predicted molar refractivity (Wildman–Crippen MR) is 70.5 cm³/mol. The van der Waals surface area contributed by atoms with Crippen LogP contribution in [0.25, 0.3) is 0 Å². The highest BCUT2D eigenvalue weighted by atomic mass is 16.4. The number of carboxylic acid groups (broad SMARTS) is 1. The second-order valence-corrected chi connectivity index (χ2v) is 4.36. The number of carbonyl (C=O) groups is 1. The number of anilines is 1. The Morgan fingerprint density at radius 3 is 2.44 bits per heavy atom. The van der Waals surface area contributed by atoms with E-state index < -0.39 is 11.5 Å². The highest BCUT2D eigenvalue weighted by molar-refractivity contribution is 5.82. The second kappa shape index (κ2) is 5.54. The van der Waals surface area contributed by atoms with Crippen molar-refractivity contribution >= 4 is 11.7 Å². The molecule has 0 unspecified atom stereocenters. The van der Waals surface area contributed by atoms with Crippen molar-refractivity contribution in [1.29, 1.82) is 5.26 Å². The zero-order valence-electron chi connectivity index (χ0n) is 10.9. The van der Waals surface area contributed by atoms with E-state index in [1.807, 2.05) is 26.8 Å². The van der Waals surface area contributed by atoms with Crippen molar-refractivity contribution in [1.82, 2.24) is 0 Å². The number of carboxylic acids is 1.